The largest absolute Gasteiger partial charge is 0.392 e. The van der Waals surface area contributed by atoms with E-state index in [1.165, 1.54) is 22.0 Å². The predicted octanol–water partition coefficient (Wildman–Crippen LogP) is 2.59. The van der Waals surface area contributed by atoms with Crippen LogP contribution in [0.25, 0.3) is 0 Å². The molecule has 1 unspecified atom stereocenters. The van der Waals surface area contributed by atoms with E-state index in [0.29, 0.717) is 6.54 Å². The van der Waals surface area contributed by atoms with Gasteiger partial charge >= 0.3 is 5.79 Å². The summed E-state index contributed by atoms with van der Waals surface area (Å²) in [6.45, 7) is 4.73. The van der Waals surface area contributed by atoms with Crippen molar-refractivity contribution in [3.8, 4) is 0 Å². The van der Waals surface area contributed by atoms with Gasteiger partial charge in [-0.05, 0) is 31.8 Å². The van der Waals surface area contributed by atoms with Crippen LogP contribution in [-0.4, -0.2) is 47.7 Å². The Morgan fingerprint density at radius 2 is 2.26 bits per heavy atom. The minimum Gasteiger partial charge on any atom is -0.302 e. The van der Waals surface area contributed by atoms with E-state index in [9.17, 15) is 10.1 Å². The van der Waals surface area contributed by atoms with Crippen molar-refractivity contribution in [3.63, 3.8) is 0 Å². The Morgan fingerprint density at radius 1 is 1.48 bits per heavy atom. The van der Waals surface area contributed by atoms with Crippen molar-refractivity contribution in [2.75, 3.05) is 25.9 Å². The van der Waals surface area contributed by atoms with Crippen molar-refractivity contribution in [2.24, 2.45) is 4.99 Å². The van der Waals surface area contributed by atoms with Gasteiger partial charge in [0.25, 0.3) is 0 Å². The molecule has 23 heavy (non-hydrogen) atoms. The third kappa shape index (κ3) is 5.13. The van der Waals surface area contributed by atoms with E-state index in [0.717, 1.165) is 24.6 Å². The lowest BCUT2D eigenvalue weighted by Gasteiger charge is -2.16. The number of aliphatic imine (C=N–C) groups is 1. The van der Waals surface area contributed by atoms with E-state index >= 15 is 0 Å². The van der Waals surface area contributed by atoms with Gasteiger partial charge in [-0.3, -0.25) is 10.1 Å². The van der Waals surface area contributed by atoms with Crippen LogP contribution in [0.15, 0.2) is 29.3 Å². The number of thioether (sulfide) groups is 1. The van der Waals surface area contributed by atoms with E-state index in [4.69, 9.17) is 0 Å². The summed E-state index contributed by atoms with van der Waals surface area (Å²) in [5.41, 5.74) is 0. The van der Waals surface area contributed by atoms with E-state index < -0.39 is 10.7 Å². The predicted molar refractivity (Wildman–Crippen MR) is 97.8 cm³/mol. The molecule has 1 aromatic rings. The summed E-state index contributed by atoms with van der Waals surface area (Å²) in [6, 6.07) is 4.36. The van der Waals surface area contributed by atoms with Crippen LogP contribution in [-0.2, 0) is 12.3 Å². The number of nitrogens with one attached hydrogen (secondary N) is 1. The van der Waals surface area contributed by atoms with Crippen LogP contribution < -0.4 is 5.32 Å². The van der Waals surface area contributed by atoms with Crippen molar-refractivity contribution in [1.82, 2.24) is 10.2 Å². The molecule has 1 atom stereocenters. The Hall–Kier alpha value is -1.22. The fraction of sp³-hybridized carbons (Fsp3) is 0.533. The van der Waals surface area contributed by atoms with E-state index in [1.807, 2.05) is 11.3 Å². The second-order valence-corrected chi connectivity index (χ2v) is 7.66. The van der Waals surface area contributed by atoms with Crippen molar-refractivity contribution in [2.45, 2.75) is 25.0 Å². The first-order valence-electron chi connectivity index (χ1n) is 7.52. The first kappa shape index (κ1) is 18.1. The Kier molecular flexibility index (Phi) is 6.76. The second kappa shape index (κ2) is 8.58. The molecule has 1 aliphatic heterocycles. The van der Waals surface area contributed by atoms with Crippen molar-refractivity contribution in [1.29, 1.82) is 0 Å². The topological polar surface area (TPSA) is 70.8 Å². The monoisotopic (exact) mass is 354 g/mol. The van der Waals surface area contributed by atoms with Crippen LogP contribution in [0.3, 0.4) is 0 Å². The molecule has 6 nitrogen and oxygen atoms in total. The van der Waals surface area contributed by atoms with Gasteiger partial charge in [0.15, 0.2) is 0 Å². The van der Waals surface area contributed by atoms with Gasteiger partial charge in [-0.2, -0.15) is 16.8 Å². The Bertz CT molecular complexity index is 574. The van der Waals surface area contributed by atoms with Crippen LogP contribution in [0.2, 0.25) is 0 Å². The normalized spacial score (nSPS) is 19.8. The quantitative estimate of drug-likeness (QED) is 0.303. The van der Waals surface area contributed by atoms with Gasteiger partial charge in [-0.25, -0.2) is 5.32 Å². The minimum absolute atomic E-state index is 0.395. The van der Waals surface area contributed by atoms with Gasteiger partial charge < -0.3 is 4.90 Å². The molecule has 126 valence electrons. The summed E-state index contributed by atoms with van der Waals surface area (Å²) in [7, 11) is 2.12. The molecule has 0 bridgehead atoms. The Balaban J connectivity index is 1.69. The molecule has 1 aliphatic rings. The lowest BCUT2D eigenvalue weighted by atomic mass is 10.3. The van der Waals surface area contributed by atoms with Gasteiger partial charge in [0.2, 0.25) is 0 Å². The van der Waals surface area contributed by atoms with Crippen LogP contribution in [0.1, 0.15) is 16.7 Å². The summed E-state index contributed by atoms with van der Waals surface area (Å²) in [5, 5.41) is 14.0. The maximum atomic E-state index is 11.1. The number of hydrogen-bond acceptors (Lipinski definition) is 7. The maximum absolute atomic E-state index is 11.1. The number of nitrogens with zero attached hydrogens (tertiary/aromatic N) is 3. The van der Waals surface area contributed by atoms with Crippen LogP contribution in [0.4, 0.5) is 0 Å². The molecule has 1 aromatic heterocycles. The zero-order valence-electron chi connectivity index (χ0n) is 13.4. The molecule has 0 fully saturated rings. The highest BCUT2D eigenvalue weighted by Crippen LogP contribution is 2.22. The first-order chi connectivity index (χ1) is 11.1. The zero-order valence-corrected chi connectivity index (χ0v) is 15.0. The molecule has 2 heterocycles. The number of thiophene rings is 1. The fourth-order valence-corrected chi connectivity index (χ4v) is 4.16. The van der Waals surface area contributed by atoms with Gasteiger partial charge in [0.05, 0.1) is 4.92 Å². The van der Waals surface area contributed by atoms with Gasteiger partial charge in [-0.1, -0.05) is 6.92 Å². The lowest BCUT2D eigenvalue weighted by molar-refractivity contribution is -0.559. The summed E-state index contributed by atoms with van der Waals surface area (Å²) >= 11 is 3.61. The second-order valence-electron chi connectivity index (χ2n) is 5.30. The molecule has 0 aromatic carbocycles. The number of nitro groups is 1. The summed E-state index contributed by atoms with van der Waals surface area (Å²) in [4.78, 5) is 19.6. The number of allylic oxidation sites excluding steroid dienone is 1. The van der Waals surface area contributed by atoms with Crippen molar-refractivity contribution in [3.05, 3.63) is 44.2 Å². The van der Waals surface area contributed by atoms with Gasteiger partial charge in [-0.15, -0.1) is 11.3 Å². The Labute approximate surface area is 144 Å². The van der Waals surface area contributed by atoms with E-state index in [-0.39, 0.29) is 0 Å². The van der Waals surface area contributed by atoms with Crippen molar-refractivity contribution < 1.29 is 4.92 Å². The highest BCUT2D eigenvalue weighted by atomic mass is 32.2. The molecule has 2 rings (SSSR count). The third-order valence-corrected chi connectivity index (χ3v) is 5.78. The van der Waals surface area contributed by atoms with Crippen molar-refractivity contribution >= 4 is 29.3 Å². The highest BCUT2D eigenvalue weighted by molar-refractivity contribution is 7.98. The molecule has 1 N–H and O–H groups in total. The first-order valence-corrected chi connectivity index (χ1v) is 9.49. The summed E-state index contributed by atoms with van der Waals surface area (Å²) < 4.78 is 0. The molecule has 8 heteroatoms. The SMILES string of the molecule is CCN(C)Cc1ccc(CSCCNC2([N+](=O)[O-])C=CC=N2)s1. The van der Waals surface area contributed by atoms with Crippen LogP contribution in [0, 0.1) is 10.1 Å². The molecule has 0 saturated heterocycles. The van der Waals surface area contributed by atoms with E-state index in [2.05, 4.69) is 41.3 Å². The van der Waals surface area contributed by atoms with Gasteiger partial charge in [0, 0.05) is 46.6 Å². The molecule has 0 aliphatic carbocycles. The van der Waals surface area contributed by atoms with Gasteiger partial charge in [0.1, 0.15) is 0 Å². The highest BCUT2D eigenvalue weighted by Gasteiger charge is 2.40. The Morgan fingerprint density at radius 3 is 2.91 bits per heavy atom. The fourth-order valence-electron chi connectivity index (χ4n) is 2.10. The number of hydrogen-bond donors (Lipinski definition) is 1. The summed E-state index contributed by atoms with van der Waals surface area (Å²) in [6.07, 6.45) is 4.54. The smallest absolute Gasteiger partial charge is 0.302 e. The average Bonchev–Trinajstić information content (AvgIpc) is 3.17. The standard InChI is InChI=1S/C15H22N4O2S2/c1-3-18(2)11-13-5-6-14(23-13)12-22-10-9-17-15(19(20)21)7-4-8-16-15/h4-8,17H,3,9-12H2,1-2H3. The number of rotatable bonds is 10. The molecule has 0 radical (unpaired) electrons. The molecule has 0 amide bonds. The van der Waals surface area contributed by atoms with Crippen LogP contribution in [0.5, 0.6) is 0 Å². The zero-order chi connectivity index (χ0) is 16.7. The maximum Gasteiger partial charge on any atom is 0.392 e. The molecule has 0 spiro atoms. The third-order valence-electron chi connectivity index (χ3n) is 3.52. The lowest BCUT2D eigenvalue weighted by Crippen LogP contribution is -2.48. The average molecular weight is 355 g/mol. The summed E-state index contributed by atoms with van der Waals surface area (Å²) in [5.74, 6) is 0.287. The van der Waals surface area contributed by atoms with E-state index in [1.54, 1.807) is 17.8 Å². The minimum atomic E-state index is -1.46. The van der Waals surface area contributed by atoms with Crippen LogP contribution >= 0.6 is 23.1 Å². The molecular weight excluding hydrogens is 332 g/mol. The molecule has 0 saturated carbocycles. The molecular formula is C15H22N4O2S2.